The Morgan fingerprint density at radius 3 is 2.91 bits per heavy atom. The highest BCUT2D eigenvalue weighted by molar-refractivity contribution is 6.32. The van der Waals surface area contributed by atoms with E-state index in [-0.39, 0.29) is 18.6 Å². The Morgan fingerprint density at radius 2 is 2.26 bits per heavy atom. The Balaban J connectivity index is 1.81. The average Bonchev–Trinajstić information content (AvgIpc) is 3.01. The Hall–Kier alpha value is -1.53. The van der Waals surface area contributed by atoms with E-state index >= 15 is 0 Å². The van der Waals surface area contributed by atoms with Crippen molar-refractivity contribution in [2.45, 2.75) is 44.8 Å². The van der Waals surface area contributed by atoms with Crippen LogP contribution in [0.1, 0.15) is 33.1 Å². The zero-order chi connectivity index (χ0) is 16.9. The molecular weight excluding hydrogens is 316 g/mol. The molecule has 1 atom stereocenters. The number of pyridine rings is 1. The van der Waals surface area contributed by atoms with Crippen molar-refractivity contribution >= 4 is 23.4 Å². The molecule has 2 heterocycles. The molecule has 1 aliphatic rings. The molecule has 2 amide bonds. The normalized spacial score (nSPS) is 18.1. The van der Waals surface area contributed by atoms with Crippen molar-refractivity contribution in [1.82, 2.24) is 15.6 Å². The first-order chi connectivity index (χ1) is 11.0. The van der Waals surface area contributed by atoms with Crippen LogP contribution in [0.2, 0.25) is 5.02 Å². The van der Waals surface area contributed by atoms with E-state index in [2.05, 4.69) is 20.5 Å². The highest BCUT2D eigenvalue weighted by Crippen LogP contribution is 2.25. The third kappa shape index (κ3) is 4.72. The van der Waals surface area contributed by atoms with Crippen molar-refractivity contribution in [1.29, 1.82) is 0 Å². The number of amides is 2. The van der Waals surface area contributed by atoms with Crippen molar-refractivity contribution in [3.63, 3.8) is 0 Å². The van der Waals surface area contributed by atoms with E-state index in [1.807, 2.05) is 19.9 Å². The molecule has 7 heteroatoms. The number of hydrogen-bond donors (Lipinski definition) is 3. The van der Waals surface area contributed by atoms with Gasteiger partial charge in [-0.3, -0.25) is 0 Å². The molecule has 1 aliphatic heterocycles. The van der Waals surface area contributed by atoms with E-state index in [0.717, 1.165) is 18.8 Å². The number of hydrogen-bond acceptors (Lipinski definition) is 4. The predicted molar refractivity (Wildman–Crippen MR) is 91.9 cm³/mol. The minimum absolute atomic E-state index is 0.0458. The smallest absolute Gasteiger partial charge is 0.315 e. The molecule has 23 heavy (non-hydrogen) atoms. The summed E-state index contributed by atoms with van der Waals surface area (Å²) in [6.07, 6.45) is 3.77. The highest BCUT2D eigenvalue weighted by Gasteiger charge is 2.27. The number of rotatable bonds is 6. The van der Waals surface area contributed by atoms with E-state index in [9.17, 15) is 9.90 Å². The van der Waals surface area contributed by atoms with Crippen LogP contribution in [-0.4, -0.2) is 47.4 Å². The monoisotopic (exact) mass is 340 g/mol. The maximum Gasteiger partial charge on any atom is 0.315 e. The van der Waals surface area contributed by atoms with Gasteiger partial charge in [0.1, 0.15) is 5.82 Å². The second-order valence-electron chi connectivity index (χ2n) is 6.00. The fourth-order valence-electron chi connectivity index (χ4n) is 2.66. The van der Waals surface area contributed by atoms with Gasteiger partial charge < -0.3 is 20.6 Å². The first kappa shape index (κ1) is 17.8. The molecule has 0 aliphatic carbocycles. The zero-order valence-electron chi connectivity index (χ0n) is 13.7. The third-order valence-corrected chi connectivity index (χ3v) is 4.75. The summed E-state index contributed by atoms with van der Waals surface area (Å²) in [5.74, 6) is 0.755. The van der Waals surface area contributed by atoms with Gasteiger partial charge in [0, 0.05) is 31.9 Å². The van der Waals surface area contributed by atoms with Crippen molar-refractivity contribution in [2.75, 3.05) is 24.5 Å². The number of nitrogens with one attached hydrogen (secondary N) is 2. The van der Waals surface area contributed by atoms with Gasteiger partial charge in [-0.25, -0.2) is 9.78 Å². The maximum absolute atomic E-state index is 12.0. The molecule has 1 aromatic heterocycles. The highest BCUT2D eigenvalue weighted by atomic mass is 35.5. The van der Waals surface area contributed by atoms with Crippen LogP contribution >= 0.6 is 11.6 Å². The van der Waals surface area contributed by atoms with Crippen LogP contribution in [0, 0.1) is 0 Å². The standard InChI is InChI=1S/C16H25ClN4O2/c1-3-16(23,4-2)11-19-15(22)20-12-7-9-21(10-12)14-13(17)6-5-8-18-14/h5-6,8,12,23H,3-4,7,9-11H2,1-2H3,(H2,19,20,22). The molecule has 0 spiro atoms. The summed E-state index contributed by atoms with van der Waals surface area (Å²) >= 11 is 6.16. The second-order valence-corrected chi connectivity index (χ2v) is 6.41. The lowest BCUT2D eigenvalue weighted by Crippen LogP contribution is -2.49. The van der Waals surface area contributed by atoms with Gasteiger partial charge in [-0.2, -0.15) is 0 Å². The van der Waals surface area contributed by atoms with Gasteiger partial charge in [-0.05, 0) is 31.4 Å². The molecule has 2 rings (SSSR count). The van der Waals surface area contributed by atoms with Crippen LogP contribution in [0.15, 0.2) is 18.3 Å². The molecule has 128 valence electrons. The number of halogens is 1. The topological polar surface area (TPSA) is 77.5 Å². The van der Waals surface area contributed by atoms with Crippen LogP contribution in [0.25, 0.3) is 0 Å². The fourth-order valence-corrected chi connectivity index (χ4v) is 2.90. The Kier molecular flexibility index (Phi) is 6.07. The van der Waals surface area contributed by atoms with Gasteiger partial charge in [0.2, 0.25) is 0 Å². The summed E-state index contributed by atoms with van der Waals surface area (Å²) < 4.78 is 0. The molecule has 6 nitrogen and oxygen atoms in total. The van der Waals surface area contributed by atoms with Crippen LogP contribution in [-0.2, 0) is 0 Å². The molecule has 0 radical (unpaired) electrons. The number of carbonyl (C=O) groups is 1. The SMILES string of the molecule is CCC(O)(CC)CNC(=O)NC1CCN(c2ncccc2Cl)C1. The summed E-state index contributed by atoms with van der Waals surface area (Å²) in [6, 6.07) is 3.41. The Bertz CT molecular complexity index is 537. The molecule has 3 N–H and O–H groups in total. The van der Waals surface area contributed by atoms with E-state index in [1.54, 1.807) is 12.3 Å². The second kappa shape index (κ2) is 7.84. The zero-order valence-corrected chi connectivity index (χ0v) is 14.4. The predicted octanol–water partition coefficient (Wildman–Crippen LogP) is 2.16. The van der Waals surface area contributed by atoms with Crippen molar-refractivity contribution < 1.29 is 9.90 Å². The Morgan fingerprint density at radius 1 is 1.52 bits per heavy atom. The van der Waals surface area contributed by atoms with Crippen molar-refractivity contribution in [3.8, 4) is 0 Å². The lowest BCUT2D eigenvalue weighted by Gasteiger charge is -2.26. The van der Waals surface area contributed by atoms with E-state index < -0.39 is 5.60 Å². The molecule has 1 aromatic rings. The van der Waals surface area contributed by atoms with Crippen LogP contribution in [0.4, 0.5) is 10.6 Å². The van der Waals surface area contributed by atoms with Crippen molar-refractivity contribution in [2.24, 2.45) is 0 Å². The molecule has 1 saturated heterocycles. The number of aliphatic hydroxyl groups is 1. The summed E-state index contributed by atoms with van der Waals surface area (Å²) in [6.45, 7) is 5.56. The number of carbonyl (C=O) groups excluding carboxylic acids is 1. The quantitative estimate of drug-likeness (QED) is 0.741. The summed E-state index contributed by atoms with van der Waals surface area (Å²) in [4.78, 5) is 18.4. The van der Waals surface area contributed by atoms with Gasteiger partial charge >= 0.3 is 6.03 Å². The molecule has 0 saturated carbocycles. The number of anilines is 1. The van der Waals surface area contributed by atoms with Crippen LogP contribution < -0.4 is 15.5 Å². The van der Waals surface area contributed by atoms with Crippen LogP contribution in [0.3, 0.4) is 0 Å². The van der Waals surface area contributed by atoms with Gasteiger partial charge in [-0.1, -0.05) is 25.4 Å². The molecule has 1 fully saturated rings. The summed E-state index contributed by atoms with van der Waals surface area (Å²) in [5.41, 5.74) is -0.833. The number of nitrogens with zero attached hydrogens (tertiary/aromatic N) is 2. The number of aromatic nitrogens is 1. The lowest BCUT2D eigenvalue weighted by atomic mass is 9.98. The summed E-state index contributed by atoms with van der Waals surface area (Å²) in [5, 5.41) is 16.5. The van der Waals surface area contributed by atoms with Gasteiger partial charge in [0.05, 0.1) is 10.6 Å². The third-order valence-electron chi connectivity index (χ3n) is 4.46. The van der Waals surface area contributed by atoms with E-state index in [4.69, 9.17) is 11.6 Å². The van der Waals surface area contributed by atoms with E-state index in [0.29, 0.717) is 24.4 Å². The van der Waals surface area contributed by atoms with Gasteiger partial charge in [-0.15, -0.1) is 0 Å². The first-order valence-electron chi connectivity index (χ1n) is 8.09. The molecule has 0 bridgehead atoms. The molecule has 0 aromatic carbocycles. The molecular formula is C16H25ClN4O2. The van der Waals surface area contributed by atoms with E-state index in [1.165, 1.54) is 0 Å². The lowest BCUT2D eigenvalue weighted by molar-refractivity contribution is 0.0349. The largest absolute Gasteiger partial charge is 0.388 e. The molecule has 1 unspecified atom stereocenters. The fraction of sp³-hybridized carbons (Fsp3) is 0.625. The van der Waals surface area contributed by atoms with Crippen molar-refractivity contribution in [3.05, 3.63) is 23.4 Å². The van der Waals surface area contributed by atoms with Crippen LogP contribution in [0.5, 0.6) is 0 Å². The minimum Gasteiger partial charge on any atom is -0.388 e. The minimum atomic E-state index is -0.833. The Labute approximate surface area is 142 Å². The average molecular weight is 341 g/mol. The number of urea groups is 1. The maximum atomic E-state index is 12.0. The first-order valence-corrected chi connectivity index (χ1v) is 8.47. The van der Waals surface area contributed by atoms with Gasteiger partial charge in [0.25, 0.3) is 0 Å². The van der Waals surface area contributed by atoms with Gasteiger partial charge in [0.15, 0.2) is 0 Å². The summed E-state index contributed by atoms with van der Waals surface area (Å²) in [7, 11) is 0.